The van der Waals surface area contributed by atoms with Gasteiger partial charge in [0.05, 0.1) is 12.0 Å². The van der Waals surface area contributed by atoms with Gasteiger partial charge in [0.15, 0.2) is 11.6 Å². The van der Waals surface area contributed by atoms with Gasteiger partial charge in [-0.05, 0) is 42.0 Å². The second-order valence-corrected chi connectivity index (χ2v) is 8.04. The largest absolute Gasteiger partial charge is 0.461 e. The highest BCUT2D eigenvalue weighted by Crippen LogP contribution is 2.30. The fraction of sp³-hybridized carbons (Fsp3) is 0.182. The predicted octanol–water partition coefficient (Wildman–Crippen LogP) is 5.16. The zero-order valence-corrected chi connectivity index (χ0v) is 16.0. The summed E-state index contributed by atoms with van der Waals surface area (Å²) in [5, 5.41) is 0. The molecule has 4 heterocycles. The van der Waals surface area contributed by atoms with Gasteiger partial charge in [-0.1, -0.05) is 12.1 Å². The first-order chi connectivity index (χ1) is 13.7. The number of hydrogen-bond donors (Lipinski definition) is 0. The molecule has 0 fully saturated rings. The number of nitrogens with zero attached hydrogens (tertiary/aromatic N) is 3. The van der Waals surface area contributed by atoms with Gasteiger partial charge >= 0.3 is 0 Å². The minimum absolute atomic E-state index is 0.204. The van der Waals surface area contributed by atoms with E-state index in [0.717, 1.165) is 37.3 Å². The minimum Gasteiger partial charge on any atom is -0.461 e. The Morgan fingerprint density at radius 1 is 1.11 bits per heavy atom. The molecule has 4 nitrogen and oxygen atoms in total. The average Bonchev–Trinajstić information content (AvgIpc) is 3.41. The van der Waals surface area contributed by atoms with E-state index in [1.54, 1.807) is 17.6 Å². The first kappa shape index (κ1) is 17.3. The van der Waals surface area contributed by atoms with E-state index in [0.29, 0.717) is 11.6 Å². The highest BCUT2D eigenvalue weighted by atomic mass is 32.1. The fourth-order valence-corrected chi connectivity index (χ4v) is 4.54. The van der Waals surface area contributed by atoms with Crippen molar-refractivity contribution in [2.24, 2.45) is 0 Å². The Morgan fingerprint density at radius 3 is 2.82 bits per heavy atom. The van der Waals surface area contributed by atoms with E-state index < -0.39 is 0 Å². The Labute approximate surface area is 166 Å². The van der Waals surface area contributed by atoms with Crippen LogP contribution in [0.5, 0.6) is 0 Å². The lowest BCUT2D eigenvalue weighted by atomic mass is 10.1. The van der Waals surface area contributed by atoms with Gasteiger partial charge in [0.2, 0.25) is 0 Å². The van der Waals surface area contributed by atoms with Crippen molar-refractivity contribution in [3.8, 4) is 22.0 Å². The van der Waals surface area contributed by atoms with Gasteiger partial charge in [-0.15, -0.1) is 11.3 Å². The van der Waals surface area contributed by atoms with E-state index >= 15 is 0 Å². The van der Waals surface area contributed by atoms with Crippen molar-refractivity contribution in [3.05, 3.63) is 82.9 Å². The molecule has 5 rings (SSSR count). The van der Waals surface area contributed by atoms with Gasteiger partial charge in [-0.3, -0.25) is 4.90 Å². The summed E-state index contributed by atoms with van der Waals surface area (Å²) in [5.41, 5.74) is 3.34. The monoisotopic (exact) mass is 391 g/mol. The zero-order chi connectivity index (χ0) is 18.9. The molecule has 0 amide bonds. The number of fused-ring (bicyclic) bond motifs is 1. The maximum Gasteiger partial charge on any atom is 0.195 e. The summed E-state index contributed by atoms with van der Waals surface area (Å²) >= 11 is 1.76. The van der Waals surface area contributed by atoms with Crippen LogP contribution in [0.1, 0.15) is 16.1 Å². The number of benzene rings is 1. The Bertz CT molecular complexity index is 1090. The van der Waals surface area contributed by atoms with Crippen LogP contribution in [-0.2, 0) is 19.5 Å². The first-order valence-electron chi connectivity index (χ1n) is 9.20. The number of halogens is 1. The smallest absolute Gasteiger partial charge is 0.195 e. The molecule has 0 unspecified atom stereocenters. The summed E-state index contributed by atoms with van der Waals surface area (Å²) in [5.74, 6) is 1.15. The van der Waals surface area contributed by atoms with Gasteiger partial charge in [0.1, 0.15) is 5.82 Å². The van der Waals surface area contributed by atoms with Crippen molar-refractivity contribution in [2.45, 2.75) is 19.5 Å². The van der Waals surface area contributed by atoms with Gasteiger partial charge in [0, 0.05) is 47.6 Å². The van der Waals surface area contributed by atoms with E-state index in [4.69, 9.17) is 4.42 Å². The van der Waals surface area contributed by atoms with Crippen LogP contribution in [0.3, 0.4) is 0 Å². The number of thiophene rings is 1. The molecule has 3 aromatic heterocycles. The molecule has 28 heavy (non-hydrogen) atoms. The molecule has 0 N–H and O–H groups in total. The molecule has 0 atom stereocenters. The lowest BCUT2D eigenvalue weighted by Gasteiger charge is -2.27. The molecule has 0 bridgehead atoms. The average molecular weight is 391 g/mol. The predicted molar refractivity (Wildman–Crippen MR) is 107 cm³/mol. The molecule has 6 heteroatoms. The Hall–Kier alpha value is -2.83. The summed E-state index contributed by atoms with van der Waals surface area (Å²) in [7, 11) is 0. The van der Waals surface area contributed by atoms with Gasteiger partial charge < -0.3 is 4.42 Å². The summed E-state index contributed by atoms with van der Waals surface area (Å²) in [6.07, 6.45) is 4.47. The normalized spacial score (nSPS) is 14.2. The third-order valence-corrected chi connectivity index (χ3v) is 6.04. The lowest BCUT2D eigenvalue weighted by Crippen LogP contribution is -2.30. The number of aromatic nitrogens is 2. The number of rotatable bonds is 4. The van der Waals surface area contributed by atoms with Gasteiger partial charge in [-0.2, -0.15) is 0 Å². The molecule has 1 aliphatic rings. The summed E-state index contributed by atoms with van der Waals surface area (Å²) < 4.78 is 18.5. The Kier molecular flexibility index (Phi) is 4.50. The Balaban J connectivity index is 1.29. The summed E-state index contributed by atoms with van der Waals surface area (Å²) in [4.78, 5) is 14.0. The number of furan rings is 1. The second kappa shape index (κ2) is 7.30. The SMILES string of the molecule is Fc1ccc(-c2ccc(CN3CCc4nc(-c5ccco5)ncc4C3)s2)cc1. The van der Waals surface area contributed by atoms with Crippen LogP contribution in [0.4, 0.5) is 4.39 Å². The van der Waals surface area contributed by atoms with Crippen molar-refractivity contribution >= 4 is 11.3 Å². The third-order valence-electron chi connectivity index (χ3n) is 4.92. The van der Waals surface area contributed by atoms with Crippen molar-refractivity contribution in [1.82, 2.24) is 14.9 Å². The van der Waals surface area contributed by atoms with Crippen molar-refractivity contribution in [3.63, 3.8) is 0 Å². The molecule has 0 saturated heterocycles. The van der Waals surface area contributed by atoms with Gasteiger partial charge in [0.25, 0.3) is 0 Å². The molecular weight excluding hydrogens is 373 g/mol. The van der Waals surface area contributed by atoms with Crippen LogP contribution < -0.4 is 0 Å². The lowest BCUT2D eigenvalue weighted by molar-refractivity contribution is 0.245. The molecule has 0 saturated carbocycles. The van der Waals surface area contributed by atoms with E-state index in [1.165, 1.54) is 27.5 Å². The van der Waals surface area contributed by atoms with Crippen LogP contribution in [-0.4, -0.2) is 21.4 Å². The van der Waals surface area contributed by atoms with Crippen LogP contribution in [0, 0.1) is 5.82 Å². The second-order valence-electron chi connectivity index (χ2n) is 6.88. The Morgan fingerprint density at radius 2 is 2.00 bits per heavy atom. The highest BCUT2D eigenvalue weighted by molar-refractivity contribution is 7.15. The van der Waals surface area contributed by atoms with Crippen LogP contribution in [0.15, 0.2) is 65.4 Å². The quantitative estimate of drug-likeness (QED) is 0.482. The van der Waals surface area contributed by atoms with Crippen LogP contribution in [0.25, 0.3) is 22.0 Å². The summed E-state index contributed by atoms with van der Waals surface area (Å²) in [6.45, 7) is 2.70. The van der Waals surface area contributed by atoms with E-state index in [1.807, 2.05) is 30.5 Å². The standard InChI is InChI=1S/C22H18FN3OS/c23-17-5-3-15(4-6-17)21-8-7-18(28-21)14-26-10-9-19-16(13-26)12-24-22(25-19)20-2-1-11-27-20/h1-8,11-12H,9-10,13-14H2. The molecule has 1 aromatic carbocycles. The molecule has 140 valence electrons. The van der Waals surface area contributed by atoms with Crippen molar-refractivity contribution in [1.29, 1.82) is 0 Å². The molecule has 1 aliphatic heterocycles. The maximum absolute atomic E-state index is 13.1. The molecule has 0 radical (unpaired) electrons. The molecule has 4 aromatic rings. The third kappa shape index (κ3) is 3.48. The maximum atomic E-state index is 13.1. The minimum atomic E-state index is -0.204. The highest BCUT2D eigenvalue weighted by Gasteiger charge is 2.20. The van der Waals surface area contributed by atoms with Crippen molar-refractivity contribution < 1.29 is 8.81 Å². The first-order valence-corrected chi connectivity index (χ1v) is 10.0. The van der Waals surface area contributed by atoms with E-state index in [9.17, 15) is 4.39 Å². The zero-order valence-electron chi connectivity index (χ0n) is 15.1. The van der Waals surface area contributed by atoms with Crippen LogP contribution in [0.2, 0.25) is 0 Å². The topological polar surface area (TPSA) is 42.2 Å². The van der Waals surface area contributed by atoms with Crippen LogP contribution >= 0.6 is 11.3 Å². The van der Waals surface area contributed by atoms with E-state index in [-0.39, 0.29) is 5.82 Å². The molecule has 0 spiro atoms. The van der Waals surface area contributed by atoms with E-state index in [2.05, 4.69) is 27.0 Å². The fourth-order valence-electron chi connectivity index (χ4n) is 3.49. The van der Waals surface area contributed by atoms with Crippen molar-refractivity contribution in [2.75, 3.05) is 6.54 Å². The van der Waals surface area contributed by atoms with Gasteiger partial charge in [-0.25, -0.2) is 14.4 Å². The molecular formula is C22H18FN3OS. The molecule has 0 aliphatic carbocycles. The summed E-state index contributed by atoms with van der Waals surface area (Å²) in [6, 6.07) is 14.7. The number of hydrogen-bond acceptors (Lipinski definition) is 5.